The van der Waals surface area contributed by atoms with Crippen molar-refractivity contribution in [3.05, 3.63) is 90.3 Å². The van der Waals surface area contributed by atoms with Gasteiger partial charge in [-0.05, 0) is 60.2 Å². The van der Waals surface area contributed by atoms with Crippen LogP contribution >= 0.6 is 0 Å². The topological polar surface area (TPSA) is 165 Å². The van der Waals surface area contributed by atoms with Gasteiger partial charge in [-0.2, -0.15) is 4.31 Å². The van der Waals surface area contributed by atoms with Crippen molar-refractivity contribution in [3.63, 3.8) is 0 Å². The number of carbonyl (C=O) groups is 3. The van der Waals surface area contributed by atoms with Crippen LogP contribution in [0.4, 0.5) is 4.79 Å². The molecule has 1 aliphatic rings. The number of aliphatic hydroxyl groups is 1. The summed E-state index contributed by atoms with van der Waals surface area (Å²) in [6, 6.07) is 19.2. The summed E-state index contributed by atoms with van der Waals surface area (Å²) in [6.07, 6.45) is -1.20. The summed E-state index contributed by atoms with van der Waals surface area (Å²) >= 11 is 0. The lowest BCUT2D eigenvalue weighted by Crippen LogP contribution is -2.57. The molecule has 13 nitrogen and oxygen atoms in total. The Kier molecular flexibility index (Phi) is 11.5. The molecule has 1 saturated heterocycles. The number of benzene rings is 3. The Labute approximate surface area is 298 Å². The highest BCUT2D eigenvalue weighted by atomic mass is 32.2. The minimum absolute atomic E-state index is 0.0444. The third kappa shape index (κ3) is 8.41. The van der Waals surface area contributed by atoms with E-state index in [2.05, 4.69) is 10.3 Å². The van der Waals surface area contributed by atoms with E-state index in [0.717, 1.165) is 21.5 Å². The number of urea groups is 1. The van der Waals surface area contributed by atoms with Crippen LogP contribution < -0.4 is 5.32 Å². The summed E-state index contributed by atoms with van der Waals surface area (Å²) in [5.41, 5.74) is 2.38. The molecule has 0 saturated carbocycles. The van der Waals surface area contributed by atoms with Gasteiger partial charge in [-0.25, -0.2) is 18.2 Å². The lowest BCUT2D eigenvalue weighted by molar-refractivity contribution is -0.129. The Morgan fingerprint density at radius 2 is 1.59 bits per heavy atom. The monoisotopic (exact) mass is 718 g/mol. The fourth-order valence-electron chi connectivity index (χ4n) is 6.42. The molecule has 1 fully saturated rings. The minimum Gasteiger partial charge on any atom is -0.508 e. The first-order valence-corrected chi connectivity index (χ1v) is 18.4. The fraction of sp³-hybridized carbons (Fsp3) is 0.405. The molecule has 3 N–H and O–H groups in total. The Balaban J connectivity index is 1.38. The number of imidazole rings is 1. The summed E-state index contributed by atoms with van der Waals surface area (Å²) in [5.74, 6) is -1.12. The second kappa shape index (κ2) is 15.6. The maximum Gasteiger partial charge on any atom is 0.328 e. The minimum atomic E-state index is -4.10. The number of aromatic hydroxyl groups is 1. The van der Waals surface area contributed by atoms with E-state index in [4.69, 9.17) is 0 Å². The van der Waals surface area contributed by atoms with Crippen molar-refractivity contribution in [1.82, 2.24) is 29.0 Å². The molecule has 0 spiro atoms. The smallest absolute Gasteiger partial charge is 0.328 e. The number of nitrogens with zero attached hydrogens (tertiary/aromatic N) is 5. The Morgan fingerprint density at radius 1 is 0.941 bits per heavy atom. The lowest BCUT2D eigenvalue weighted by atomic mass is 9.97. The summed E-state index contributed by atoms with van der Waals surface area (Å²) < 4.78 is 30.5. The molecule has 2 heterocycles. The van der Waals surface area contributed by atoms with Gasteiger partial charge in [0.1, 0.15) is 24.2 Å². The van der Waals surface area contributed by atoms with Crippen LogP contribution in [0.2, 0.25) is 0 Å². The number of fused-ring (bicyclic) bond motifs is 1. The number of imide groups is 1. The maximum absolute atomic E-state index is 14.2. The highest BCUT2D eigenvalue weighted by Gasteiger charge is 2.45. The van der Waals surface area contributed by atoms with Gasteiger partial charge in [0.05, 0.1) is 34.6 Å². The predicted octanol–water partition coefficient (Wildman–Crippen LogP) is 3.50. The molecule has 4 amide bonds. The zero-order valence-electron chi connectivity index (χ0n) is 29.5. The van der Waals surface area contributed by atoms with E-state index in [-0.39, 0.29) is 49.2 Å². The Bertz CT molecular complexity index is 1960. The van der Waals surface area contributed by atoms with Gasteiger partial charge in [0, 0.05) is 20.1 Å². The van der Waals surface area contributed by atoms with Crippen LogP contribution in [0.5, 0.6) is 5.75 Å². The molecule has 1 aromatic heterocycles. The van der Waals surface area contributed by atoms with Gasteiger partial charge in [0.15, 0.2) is 0 Å². The number of hydrogen-bond acceptors (Lipinski definition) is 8. The summed E-state index contributed by atoms with van der Waals surface area (Å²) in [6.45, 7) is 6.64. The summed E-state index contributed by atoms with van der Waals surface area (Å²) in [4.78, 5) is 48.1. The van der Waals surface area contributed by atoms with Crippen molar-refractivity contribution in [2.75, 3.05) is 19.6 Å². The molecule has 51 heavy (non-hydrogen) atoms. The van der Waals surface area contributed by atoms with E-state index >= 15 is 0 Å². The van der Waals surface area contributed by atoms with E-state index in [1.165, 1.54) is 33.5 Å². The largest absolute Gasteiger partial charge is 0.508 e. The van der Waals surface area contributed by atoms with Gasteiger partial charge in [0.25, 0.3) is 5.91 Å². The zero-order chi connectivity index (χ0) is 37.0. The van der Waals surface area contributed by atoms with Crippen LogP contribution in [0, 0.1) is 11.8 Å². The number of phenols is 1. The quantitative estimate of drug-likeness (QED) is 0.157. The van der Waals surface area contributed by atoms with Crippen molar-refractivity contribution < 1.29 is 33.0 Å². The number of sulfonamides is 1. The molecule has 0 radical (unpaired) electrons. The summed E-state index contributed by atoms with van der Waals surface area (Å²) in [5, 5.41) is 24.4. The highest BCUT2D eigenvalue weighted by Crippen LogP contribution is 2.25. The van der Waals surface area contributed by atoms with Gasteiger partial charge >= 0.3 is 6.03 Å². The van der Waals surface area contributed by atoms with Crippen LogP contribution in [0.25, 0.3) is 11.0 Å². The second-order valence-corrected chi connectivity index (χ2v) is 15.7. The van der Waals surface area contributed by atoms with Gasteiger partial charge in [-0.15, -0.1) is 0 Å². The molecule has 0 aliphatic carbocycles. The maximum atomic E-state index is 14.2. The highest BCUT2D eigenvalue weighted by molar-refractivity contribution is 7.89. The number of rotatable bonds is 15. The molecule has 3 atom stereocenters. The molecular weight excluding hydrogens is 673 g/mol. The molecule has 3 aromatic carbocycles. The number of carbonyl (C=O) groups excluding carboxylic acids is 3. The van der Waals surface area contributed by atoms with Gasteiger partial charge in [-0.3, -0.25) is 14.5 Å². The first kappa shape index (κ1) is 37.5. The van der Waals surface area contributed by atoms with Gasteiger partial charge < -0.3 is 25.0 Å². The Hall–Kier alpha value is -4.79. The van der Waals surface area contributed by atoms with E-state index < -0.39 is 52.0 Å². The average Bonchev–Trinajstić information content (AvgIpc) is 3.54. The number of aryl methyl sites for hydroxylation is 1. The SMILES string of the molecule is CC(C)CN(C[C@@H](O)[C@H](Cc1ccccc1)NC(=O)C(C(C)C)N1CC(=O)N(Cc2nc3ccccc3n2C)C1=O)S(=O)(=O)c1ccc(O)cc1. The van der Waals surface area contributed by atoms with Crippen molar-refractivity contribution >= 4 is 38.9 Å². The summed E-state index contributed by atoms with van der Waals surface area (Å²) in [7, 11) is -2.28. The number of phenolic OH excluding ortho intramolecular Hbond substituents is 1. The van der Waals surface area contributed by atoms with E-state index in [9.17, 15) is 33.0 Å². The van der Waals surface area contributed by atoms with Crippen LogP contribution in [-0.4, -0.2) is 98.0 Å². The zero-order valence-corrected chi connectivity index (χ0v) is 30.3. The number of para-hydroxylation sites is 2. The van der Waals surface area contributed by atoms with Crippen molar-refractivity contribution in [2.45, 2.75) is 63.7 Å². The Morgan fingerprint density at radius 3 is 2.22 bits per heavy atom. The first-order chi connectivity index (χ1) is 24.2. The van der Waals surface area contributed by atoms with Crippen LogP contribution in [-0.2, 0) is 39.6 Å². The molecule has 272 valence electrons. The van der Waals surface area contributed by atoms with Crippen LogP contribution in [0.1, 0.15) is 39.1 Å². The fourth-order valence-corrected chi connectivity index (χ4v) is 8.04. The number of nitrogens with one attached hydrogen (secondary N) is 1. The standard InChI is InChI=1S/C37H46N6O7S/c1-24(2)20-41(51(49,50)28-17-15-27(44)16-18-28)21-32(45)30(19-26-11-7-6-8-12-26)39-36(47)35(25(3)4)43-23-34(46)42(37(43)48)22-33-38-29-13-9-10-14-31(29)40(33)5/h6-18,24-25,30,32,35,44-45H,19-23H2,1-5H3,(H,39,47)/t30-,32+,35?/m0/s1. The van der Waals surface area contributed by atoms with Gasteiger partial charge in [0.2, 0.25) is 15.9 Å². The van der Waals surface area contributed by atoms with E-state index in [0.29, 0.717) is 5.82 Å². The molecule has 4 aromatic rings. The molecule has 1 unspecified atom stereocenters. The number of hydrogen-bond donors (Lipinski definition) is 3. The van der Waals surface area contributed by atoms with E-state index in [1.807, 2.05) is 80.1 Å². The third-order valence-corrected chi connectivity index (χ3v) is 10.9. The van der Waals surface area contributed by atoms with Crippen molar-refractivity contribution in [1.29, 1.82) is 0 Å². The third-order valence-electron chi connectivity index (χ3n) is 9.02. The van der Waals surface area contributed by atoms with Gasteiger partial charge in [-0.1, -0.05) is 70.2 Å². The van der Waals surface area contributed by atoms with Crippen LogP contribution in [0.3, 0.4) is 0 Å². The normalized spacial score (nSPS) is 15.7. The molecule has 14 heteroatoms. The van der Waals surface area contributed by atoms with E-state index in [1.54, 1.807) is 13.8 Å². The second-order valence-electron chi connectivity index (χ2n) is 13.7. The van der Waals surface area contributed by atoms with Crippen molar-refractivity contribution in [3.8, 4) is 5.75 Å². The first-order valence-electron chi connectivity index (χ1n) is 17.0. The predicted molar refractivity (Wildman–Crippen MR) is 192 cm³/mol. The molecule has 5 rings (SSSR count). The number of aliphatic hydroxyl groups excluding tert-OH is 1. The molecular formula is C37H46N6O7S. The van der Waals surface area contributed by atoms with Crippen LogP contribution in [0.15, 0.2) is 83.8 Å². The van der Waals surface area contributed by atoms with Crippen molar-refractivity contribution in [2.24, 2.45) is 18.9 Å². The molecule has 0 bridgehead atoms. The average molecular weight is 719 g/mol. The number of aromatic nitrogens is 2. The number of amides is 4. The lowest BCUT2D eigenvalue weighted by Gasteiger charge is -2.34. The molecule has 1 aliphatic heterocycles.